The normalized spacial score (nSPS) is 20.2. The molecule has 11 heteroatoms. The number of piperazine rings is 1. The number of alkyl halides is 3. The molecule has 39 heavy (non-hydrogen) atoms. The molecule has 4 heterocycles. The van der Waals surface area contributed by atoms with E-state index in [2.05, 4.69) is 23.4 Å². The van der Waals surface area contributed by atoms with Gasteiger partial charge in [0.15, 0.2) is 0 Å². The van der Waals surface area contributed by atoms with Gasteiger partial charge in [0, 0.05) is 50.0 Å². The summed E-state index contributed by atoms with van der Waals surface area (Å²) >= 11 is 0. The average molecular weight is 545 g/mol. The lowest BCUT2D eigenvalue weighted by Crippen LogP contribution is -2.49. The minimum absolute atomic E-state index is 0.0988. The monoisotopic (exact) mass is 544 g/mol. The summed E-state index contributed by atoms with van der Waals surface area (Å²) in [7, 11) is 2.07. The summed E-state index contributed by atoms with van der Waals surface area (Å²) in [5.74, 6) is 0.652. The zero-order chi connectivity index (χ0) is 27.7. The lowest BCUT2D eigenvalue weighted by molar-refractivity contribution is -0.137. The van der Waals surface area contributed by atoms with Crippen LogP contribution in [0.15, 0.2) is 30.9 Å². The number of rotatable bonds is 6. The van der Waals surface area contributed by atoms with Gasteiger partial charge in [-0.05, 0) is 57.5 Å². The van der Waals surface area contributed by atoms with E-state index >= 15 is 0 Å². The van der Waals surface area contributed by atoms with E-state index in [1.54, 1.807) is 15.9 Å². The number of benzene rings is 1. The lowest BCUT2D eigenvalue weighted by Gasteiger charge is -2.38. The number of fused-ring (bicyclic) bond motifs is 1. The van der Waals surface area contributed by atoms with E-state index in [9.17, 15) is 18.0 Å². The molecule has 0 unspecified atom stereocenters. The minimum atomic E-state index is -4.46. The van der Waals surface area contributed by atoms with E-state index in [1.165, 1.54) is 25.1 Å². The molecule has 1 aromatic heterocycles. The number of hydrogen-bond donors (Lipinski definition) is 0. The predicted octanol–water partition coefficient (Wildman–Crippen LogP) is 3.67. The first-order chi connectivity index (χ1) is 18.7. The molecular weight excluding hydrogens is 509 g/mol. The third-order valence-electron chi connectivity index (χ3n) is 8.04. The van der Waals surface area contributed by atoms with Crippen LogP contribution in [-0.4, -0.2) is 84.6 Å². The topological polar surface area (TPSA) is 65.0 Å². The highest BCUT2D eigenvalue weighted by Crippen LogP contribution is 2.41. The number of likely N-dealkylation sites (N-methyl/N-ethyl adjacent to an activating group) is 1. The maximum absolute atomic E-state index is 14.0. The van der Waals surface area contributed by atoms with Crippen molar-refractivity contribution in [3.05, 3.63) is 53.2 Å². The molecule has 0 bridgehead atoms. The molecule has 1 amide bonds. The van der Waals surface area contributed by atoms with Crippen molar-refractivity contribution in [1.29, 1.82) is 0 Å². The second-order valence-electron chi connectivity index (χ2n) is 10.5. The van der Waals surface area contributed by atoms with Gasteiger partial charge < -0.3 is 24.3 Å². The Morgan fingerprint density at radius 3 is 2.56 bits per heavy atom. The van der Waals surface area contributed by atoms with Gasteiger partial charge in [-0.15, -0.1) is 0 Å². The van der Waals surface area contributed by atoms with E-state index in [1.807, 2.05) is 0 Å². The molecule has 210 valence electrons. The molecule has 0 aliphatic carbocycles. The summed E-state index contributed by atoms with van der Waals surface area (Å²) in [6, 6.07) is 5.21. The number of hydrogen-bond acceptors (Lipinski definition) is 7. The second-order valence-corrected chi connectivity index (χ2v) is 10.5. The highest BCUT2D eigenvalue weighted by molar-refractivity contribution is 5.87. The molecule has 2 saturated heterocycles. The van der Waals surface area contributed by atoms with Crippen LogP contribution in [0.2, 0.25) is 0 Å². The molecule has 2 fully saturated rings. The van der Waals surface area contributed by atoms with Crippen LogP contribution in [0, 0.1) is 6.92 Å². The van der Waals surface area contributed by atoms with Crippen molar-refractivity contribution in [3.63, 3.8) is 0 Å². The number of aromatic nitrogens is 2. The molecule has 8 nitrogen and oxygen atoms in total. The third kappa shape index (κ3) is 5.68. The molecule has 0 spiro atoms. The number of nitrogens with zero attached hydrogens (tertiary/aromatic N) is 6. The van der Waals surface area contributed by atoms with E-state index < -0.39 is 11.7 Å². The SMILES string of the molecule is C=CC(=O)N1CCN(c2nc(OC[C@@H]3CCCN3C)nc3c2CCN(c2cccc(C)c2C(F)(F)F)C3)CC1. The van der Waals surface area contributed by atoms with Gasteiger partial charge in [0.1, 0.15) is 12.4 Å². The van der Waals surface area contributed by atoms with Gasteiger partial charge in [0.25, 0.3) is 0 Å². The first-order valence-corrected chi connectivity index (χ1v) is 13.5. The van der Waals surface area contributed by atoms with Crippen molar-refractivity contribution in [2.45, 2.75) is 44.9 Å². The number of carbonyl (C=O) groups is 1. The van der Waals surface area contributed by atoms with E-state index in [-0.39, 0.29) is 35.8 Å². The minimum Gasteiger partial charge on any atom is -0.462 e. The predicted molar refractivity (Wildman–Crippen MR) is 143 cm³/mol. The van der Waals surface area contributed by atoms with Gasteiger partial charge >= 0.3 is 12.2 Å². The van der Waals surface area contributed by atoms with Crippen LogP contribution in [0.1, 0.15) is 35.2 Å². The number of aryl methyl sites for hydroxylation is 1. The molecule has 0 saturated carbocycles. The maximum Gasteiger partial charge on any atom is 0.418 e. The Labute approximate surface area is 227 Å². The molecule has 2 aromatic rings. The van der Waals surface area contributed by atoms with Crippen LogP contribution in [-0.2, 0) is 23.9 Å². The van der Waals surface area contributed by atoms with E-state index in [0.717, 1.165) is 30.8 Å². The number of likely N-dealkylation sites (tertiary alicyclic amines) is 1. The largest absolute Gasteiger partial charge is 0.462 e. The lowest BCUT2D eigenvalue weighted by atomic mass is 10.0. The van der Waals surface area contributed by atoms with Crippen molar-refractivity contribution in [1.82, 2.24) is 19.8 Å². The van der Waals surface area contributed by atoms with Gasteiger partial charge in [0.05, 0.1) is 17.8 Å². The standard InChI is InChI=1S/C28H35F3N6O2/c1-4-24(38)35-13-15-36(16-14-35)26-21-10-12-37(23-9-5-7-19(2)25(23)28(29,30)31)17-22(21)32-27(33-26)39-18-20-8-6-11-34(20)3/h4-5,7,9,20H,1,6,8,10-18H2,2-3H3/t20-/m0/s1. The number of carbonyl (C=O) groups excluding carboxylic acids is 1. The number of amides is 1. The third-order valence-corrected chi connectivity index (χ3v) is 8.04. The highest BCUT2D eigenvalue weighted by atomic mass is 19.4. The van der Waals surface area contributed by atoms with Crippen LogP contribution in [0.3, 0.4) is 0 Å². The van der Waals surface area contributed by atoms with Crippen molar-refractivity contribution in [2.24, 2.45) is 0 Å². The Hall–Kier alpha value is -3.34. The van der Waals surface area contributed by atoms with Gasteiger partial charge in [-0.3, -0.25) is 4.79 Å². The quantitative estimate of drug-likeness (QED) is 0.515. The fraction of sp³-hybridized carbons (Fsp3) is 0.536. The zero-order valence-electron chi connectivity index (χ0n) is 22.5. The number of anilines is 2. The Bertz CT molecular complexity index is 1230. The fourth-order valence-corrected chi connectivity index (χ4v) is 5.83. The molecule has 0 N–H and O–H groups in total. The molecule has 3 aliphatic rings. The number of ether oxygens (including phenoxy) is 1. The van der Waals surface area contributed by atoms with Crippen LogP contribution >= 0.6 is 0 Å². The van der Waals surface area contributed by atoms with Gasteiger partial charge in [-0.25, -0.2) is 0 Å². The Morgan fingerprint density at radius 1 is 1.13 bits per heavy atom. The summed E-state index contributed by atoms with van der Waals surface area (Å²) in [6.45, 7) is 9.45. The zero-order valence-corrected chi connectivity index (χ0v) is 22.5. The average Bonchev–Trinajstić information content (AvgIpc) is 3.34. The first-order valence-electron chi connectivity index (χ1n) is 13.5. The molecule has 0 radical (unpaired) electrons. The van der Waals surface area contributed by atoms with Gasteiger partial charge in [-0.1, -0.05) is 18.7 Å². The summed E-state index contributed by atoms with van der Waals surface area (Å²) in [6.07, 6.45) is -0.477. The van der Waals surface area contributed by atoms with Gasteiger partial charge in [-0.2, -0.15) is 23.1 Å². The van der Waals surface area contributed by atoms with Crippen LogP contribution in [0.5, 0.6) is 6.01 Å². The Kier molecular flexibility index (Phi) is 7.70. The summed E-state index contributed by atoms with van der Waals surface area (Å²) in [5, 5.41) is 0. The van der Waals surface area contributed by atoms with Crippen molar-refractivity contribution in [3.8, 4) is 6.01 Å². The molecular formula is C28H35F3N6O2. The van der Waals surface area contributed by atoms with Crippen LogP contribution in [0.25, 0.3) is 0 Å². The van der Waals surface area contributed by atoms with Crippen molar-refractivity contribution < 1.29 is 22.7 Å². The molecule has 3 aliphatic heterocycles. The van der Waals surface area contributed by atoms with Crippen molar-refractivity contribution in [2.75, 3.05) is 62.7 Å². The smallest absolute Gasteiger partial charge is 0.418 e. The summed E-state index contributed by atoms with van der Waals surface area (Å²) in [5.41, 5.74) is 1.37. The second kappa shape index (κ2) is 11.0. The maximum atomic E-state index is 14.0. The van der Waals surface area contributed by atoms with E-state index in [0.29, 0.717) is 51.4 Å². The van der Waals surface area contributed by atoms with Crippen LogP contribution < -0.4 is 14.5 Å². The summed E-state index contributed by atoms with van der Waals surface area (Å²) < 4.78 is 48.1. The van der Waals surface area contributed by atoms with Crippen molar-refractivity contribution >= 4 is 17.4 Å². The molecule has 1 atom stereocenters. The van der Waals surface area contributed by atoms with Crippen LogP contribution in [0.4, 0.5) is 24.7 Å². The first kappa shape index (κ1) is 27.2. The number of halogens is 3. The molecule has 1 aromatic carbocycles. The van der Waals surface area contributed by atoms with Gasteiger partial charge in [0.2, 0.25) is 5.91 Å². The van der Waals surface area contributed by atoms with E-state index in [4.69, 9.17) is 14.7 Å². The summed E-state index contributed by atoms with van der Waals surface area (Å²) in [4.78, 5) is 29.5. The fourth-order valence-electron chi connectivity index (χ4n) is 5.83. The Morgan fingerprint density at radius 2 is 1.90 bits per heavy atom. The molecule has 5 rings (SSSR count). The Balaban J connectivity index is 1.45. The highest BCUT2D eigenvalue weighted by Gasteiger charge is 2.38.